The molecule has 0 radical (unpaired) electrons. The van der Waals surface area contributed by atoms with Gasteiger partial charge in [0.05, 0.1) is 23.1 Å². The Kier molecular flexibility index (Phi) is 4.64. The Labute approximate surface area is 148 Å². The molecule has 0 aliphatic rings. The lowest BCUT2D eigenvalue weighted by Crippen LogP contribution is -2.13. The molecule has 0 atom stereocenters. The molecule has 1 amide bonds. The highest BCUT2D eigenvalue weighted by atomic mass is 35.5. The molecule has 120 valence electrons. The summed E-state index contributed by atoms with van der Waals surface area (Å²) in [6, 6.07) is 12.0. The van der Waals surface area contributed by atoms with Gasteiger partial charge in [-0.15, -0.1) is 0 Å². The third kappa shape index (κ3) is 3.48. The van der Waals surface area contributed by atoms with Gasteiger partial charge in [-0.05, 0) is 42.5 Å². The fourth-order valence-corrected chi connectivity index (χ4v) is 2.50. The van der Waals surface area contributed by atoms with Crippen molar-refractivity contribution >= 4 is 40.5 Å². The van der Waals surface area contributed by atoms with Crippen LogP contribution >= 0.6 is 23.2 Å². The van der Waals surface area contributed by atoms with Crippen LogP contribution in [0.1, 0.15) is 10.4 Å². The second-order valence-electron chi connectivity index (χ2n) is 4.95. The second kappa shape index (κ2) is 6.86. The summed E-state index contributed by atoms with van der Waals surface area (Å²) in [7, 11) is 0. The van der Waals surface area contributed by atoms with Crippen LogP contribution in [0.25, 0.3) is 11.3 Å². The molecule has 5 nitrogen and oxygen atoms in total. The minimum atomic E-state index is -0.580. The molecule has 0 spiro atoms. The zero-order valence-corrected chi connectivity index (χ0v) is 13.8. The maximum atomic E-state index is 11.7. The fourth-order valence-electron chi connectivity index (χ4n) is 2.23. The zero-order valence-electron chi connectivity index (χ0n) is 12.3. The van der Waals surface area contributed by atoms with E-state index in [2.05, 4.69) is 15.3 Å². The van der Waals surface area contributed by atoms with E-state index in [0.717, 1.165) is 5.69 Å². The van der Waals surface area contributed by atoms with Crippen molar-refractivity contribution in [3.8, 4) is 11.3 Å². The minimum Gasteiger partial charge on any atom is -0.366 e. The molecule has 0 saturated heterocycles. The second-order valence-corrected chi connectivity index (χ2v) is 5.77. The van der Waals surface area contributed by atoms with Gasteiger partial charge in [-0.3, -0.25) is 9.78 Å². The lowest BCUT2D eigenvalue weighted by atomic mass is 10.0. The summed E-state index contributed by atoms with van der Waals surface area (Å²) in [5.74, 6) is -0.580. The van der Waals surface area contributed by atoms with Gasteiger partial charge < -0.3 is 11.1 Å². The van der Waals surface area contributed by atoms with Crippen LogP contribution in [0.15, 0.2) is 54.9 Å². The van der Waals surface area contributed by atoms with Crippen molar-refractivity contribution in [2.75, 3.05) is 5.32 Å². The quantitative estimate of drug-likeness (QED) is 0.681. The predicted octanol–water partition coefficient (Wildman–Crippen LogP) is 4.29. The van der Waals surface area contributed by atoms with Crippen LogP contribution in [0.2, 0.25) is 10.2 Å². The Bertz CT molecular complexity index is 897. The van der Waals surface area contributed by atoms with Gasteiger partial charge in [-0.1, -0.05) is 23.2 Å². The van der Waals surface area contributed by atoms with Crippen LogP contribution in [0.4, 0.5) is 11.4 Å². The van der Waals surface area contributed by atoms with Crippen molar-refractivity contribution in [2.45, 2.75) is 0 Å². The summed E-state index contributed by atoms with van der Waals surface area (Å²) in [5, 5.41) is 4.13. The van der Waals surface area contributed by atoms with Gasteiger partial charge in [0, 0.05) is 22.5 Å². The van der Waals surface area contributed by atoms with E-state index >= 15 is 0 Å². The van der Waals surface area contributed by atoms with Gasteiger partial charge >= 0.3 is 0 Å². The maximum absolute atomic E-state index is 11.7. The molecular weight excluding hydrogens is 347 g/mol. The van der Waals surface area contributed by atoms with E-state index in [4.69, 9.17) is 28.9 Å². The van der Waals surface area contributed by atoms with E-state index in [9.17, 15) is 4.79 Å². The zero-order chi connectivity index (χ0) is 17.1. The maximum Gasteiger partial charge on any atom is 0.250 e. The highest BCUT2D eigenvalue weighted by Crippen LogP contribution is 2.31. The average molecular weight is 359 g/mol. The molecule has 0 saturated carbocycles. The van der Waals surface area contributed by atoms with Gasteiger partial charge in [0.2, 0.25) is 0 Å². The van der Waals surface area contributed by atoms with E-state index in [1.165, 1.54) is 6.07 Å². The monoisotopic (exact) mass is 358 g/mol. The first-order chi connectivity index (χ1) is 11.5. The number of pyridine rings is 2. The first-order valence-electron chi connectivity index (χ1n) is 6.98. The number of hydrogen-bond donors (Lipinski definition) is 2. The highest BCUT2D eigenvalue weighted by molar-refractivity contribution is 6.30. The molecule has 0 unspecified atom stereocenters. The number of aromatic nitrogens is 2. The van der Waals surface area contributed by atoms with Crippen molar-refractivity contribution in [3.05, 3.63) is 70.6 Å². The Morgan fingerprint density at radius 2 is 1.79 bits per heavy atom. The number of carbonyl (C=O) groups excluding carboxylic acids is 1. The molecule has 2 aromatic heterocycles. The smallest absolute Gasteiger partial charge is 0.250 e. The van der Waals surface area contributed by atoms with Gasteiger partial charge in [-0.25, -0.2) is 4.98 Å². The summed E-state index contributed by atoms with van der Waals surface area (Å²) >= 11 is 11.9. The lowest BCUT2D eigenvalue weighted by molar-refractivity contribution is 0.100. The first kappa shape index (κ1) is 16.2. The van der Waals surface area contributed by atoms with Crippen molar-refractivity contribution in [2.24, 2.45) is 5.73 Å². The molecule has 7 heteroatoms. The van der Waals surface area contributed by atoms with Gasteiger partial charge in [-0.2, -0.15) is 0 Å². The average Bonchev–Trinajstić information content (AvgIpc) is 2.57. The summed E-state index contributed by atoms with van der Waals surface area (Å²) in [6.45, 7) is 0. The molecule has 0 aliphatic carbocycles. The van der Waals surface area contributed by atoms with E-state index in [-0.39, 0.29) is 10.7 Å². The summed E-state index contributed by atoms with van der Waals surface area (Å²) < 4.78 is 0. The number of nitrogens with one attached hydrogen (secondary N) is 1. The molecule has 0 bridgehead atoms. The van der Waals surface area contributed by atoms with Crippen LogP contribution in [-0.2, 0) is 0 Å². The largest absolute Gasteiger partial charge is 0.366 e. The molecule has 3 rings (SSSR count). The topological polar surface area (TPSA) is 80.9 Å². The van der Waals surface area contributed by atoms with Crippen LogP contribution in [0.5, 0.6) is 0 Å². The Morgan fingerprint density at radius 1 is 1.04 bits per heavy atom. The lowest BCUT2D eigenvalue weighted by Gasteiger charge is -2.13. The van der Waals surface area contributed by atoms with E-state index in [0.29, 0.717) is 22.0 Å². The Hall–Kier alpha value is -2.63. The number of benzene rings is 1. The summed E-state index contributed by atoms with van der Waals surface area (Å²) in [5.41, 5.74) is 8.27. The number of carbonyl (C=O) groups is 1. The number of hydrogen-bond acceptors (Lipinski definition) is 4. The van der Waals surface area contributed by atoms with Crippen LogP contribution in [0.3, 0.4) is 0 Å². The number of halogens is 2. The van der Waals surface area contributed by atoms with Gasteiger partial charge in [0.25, 0.3) is 5.91 Å². The van der Waals surface area contributed by atoms with Crippen LogP contribution < -0.4 is 11.1 Å². The van der Waals surface area contributed by atoms with E-state index in [1.807, 2.05) is 12.1 Å². The molecule has 0 fully saturated rings. The van der Waals surface area contributed by atoms with Crippen LogP contribution in [0, 0.1) is 0 Å². The molecular formula is C17H12Cl2N4O. The standard InChI is InChI=1S/C17H12Cl2N4O/c18-10-1-3-11(4-2-10)22-14-9-21-8-7-12(14)16-13(17(20)24)5-6-15(19)23-16/h1-9,22H,(H2,20,24). The predicted molar refractivity (Wildman–Crippen MR) is 95.7 cm³/mol. The van der Waals surface area contributed by atoms with Gasteiger partial charge in [0.15, 0.2) is 0 Å². The summed E-state index contributed by atoms with van der Waals surface area (Å²) in [4.78, 5) is 20.1. The minimum absolute atomic E-state index is 0.268. The van der Waals surface area contributed by atoms with E-state index in [1.54, 1.807) is 36.7 Å². The molecule has 2 heterocycles. The number of nitrogens with two attached hydrogens (primary N) is 1. The highest BCUT2D eigenvalue weighted by Gasteiger charge is 2.16. The van der Waals surface area contributed by atoms with Crippen molar-refractivity contribution in [3.63, 3.8) is 0 Å². The third-order valence-electron chi connectivity index (χ3n) is 3.33. The van der Waals surface area contributed by atoms with E-state index < -0.39 is 5.91 Å². The van der Waals surface area contributed by atoms with Crippen molar-refractivity contribution < 1.29 is 4.79 Å². The van der Waals surface area contributed by atoms with Gasteiger partial charge in [0.1, 0.15) is 5.15 Å². The molecule has 1 aromatic carbocycles. The fraction of sp³-hybridized carbons (Fsp3) is 0. The third-order valence-corrected chi connectivity index (χ3v) is 3.79. The normalized spacial score (nSPS) is 10.4. The van der Waals surface area contributed by atoms with Crippen molar-refractivity contribution in [1.82, 2.24) is 9.97 Å². The molecule has 24 heavy (non-hydrogen) atoms. The Morgan fingerprint density at radius 3 is 2.50 bits per heavy atom. The molecule has 0 aliphatic heterocycles. The molecule has 3 aromatic rings. The number of rotatable bonds is 4. The number of amides is 1. The number of primary amides is 1. The SMILES string of the molecule is NC(=O)c1ccc(Cl)nc1-c1ccncc1Nc1ccc(Cl)cc1. The molecule has 3 N–H and O–H groups in total. The Balaban J connectivity index is 2.08. The number of anilines is 2. The van der Waals surface area contributed by atoms with Crippen LogP contribution in [-0.4, -0.2) is 15.9 Å². The number of nitrogens with zero attached hydrogens (tertiary/aromatic N) is 2. The first-order valence-corrected chi connectivity index (χ1v) is 7.73. The van der Waals surface area contributed by atoms with Crippen molar-refractivity contribution in [1.29, 1.82) is 0 Å². The summed E-state index contributed by atoms with van der Waals surface area (Å²) in [6.07, 6.45) is 3.24.